The maximum absolute atomic E-state index is 13.1. The van der Waals surface area contributed by atoms with E-state index in [4.69, 9.17) is 9.47 Å². The topological polar surface area (TPSA) is 55.8 Å². The van der Waals surface area contributed by atoms with Crippen molar-refractivity contribution in [3.8, 4) is 0 Å². The number of hydrogen-bond donors (Lipinski definition) is 0. The van der Waals surface area contributed by atoms with E-state index < -0.39 is 17.4 Å². The minimum atomic E-state index is -1.49. The molecule has 0 amide bonds. The monoisotopic (exact) mass is 357 g/mol. The summed E-state index contributed by atoms with van der Waals surface area (Å²) in [7, 11) is 0. The molecule has 0 aromatic heterocycles. The number of rotatable bonds is 6. The van der Waals surface area contributed by atoms with Crippen molar-refractivity contribution in [2.45, 2.75) is 38.5 Å². The van der Waals surface area contributed by atoms with Crippen molar-refractivity contribution in [1.82, 2.24) is 4.90 Å². The first-order valence-corrected chi connectivity index (χ1v) is 9.51. The van der Waals surface area contributed by atoms with Crippen LogP contribution in [0.1, 0.15) is 44.2 Å². The van der Waals surface area contributed by atoms with Gasteiger partial charge in [0, 0.05) is 6.54 Å². The molecule has 0 unspecified atom stereocenters. The van der Waals surface area contributed by atoms with Crippen LogP contribution in [-0.2, 0) is 24.5 Å². The lowest BCUT2D eigenvalue weighted by Gasteiger charge is -2.33. The molecule has 1 saturated heterocycles. The van der Waals surface area contributed by atoms with Crippen LogP contribution in [-0.4, -0.2) is 49.7 Å². The molecule has 1 aromatic carbocycles. The Morgan fingerprint density at radius 3 is 2.23 bits per heavy atom. The number of esters is 2. The second-order valence-corrected chi connectivity index (χ2v) is 6.78. The van der Waals surface area contributed by atoms with Crippen molar-refractivity contribution >= 4 is 18.0 Å². The van der Waals surface area contributed by atoms with Gasteiger partial charge in [0.15, 0.2) is 0 Å². The molecule has 26 heavy (non-hydrogen) atoms. The highest BCUT2D eigenvalue weighted by atomic mass is 16.6. The lowest BCUT2D eigenvalue weighted by Crippen LogP contribution is -2.49. The Hall–Kier alpha value is -2.14. The van der Waals surface area contributed by atoms with Gasteiger partial charge in [0.25, 0.3) is 0 Å². The first-order chi connectivity index (χ1) is 12.6. The van der Waals surface area contributed by atoms with Gasteiger partial charge in [-0.25, -0.2) is 0 Å². The minimum Gasteiger partial charge on any atom is -0.465 e. The predicted octanol–water partition coefficient (Wildman–Crippen LogP) is 2.93. The molecule has 0 saturated carbocycles. The fourth-order valence-electron chi connectivity index (χ4n) is 4.00. The number of fused-ring (bicyclic) bond motifs is 1. The van der Waals surface area contributed by atoms with Gasteiger partial charge >= 0.3 is 11.9 Å². The van der Waals surface area contributed by atoms with Crippen molar-refractivity contribution in [3.63, 3.8) is 0 Å². The highest BCUT2D eigenvalue weighted by Gasteiger charge is 2.57. The predicted molar refractivity (Wildman–Crippen MR) is 99.7 cm³/mol. The Labute approximate surface area is 155 Å². The molecule has 0 radical (unpaired) electrons. The van der Waals surface area contributed by atoms with Crippen LogP contribution in [0.5, 0.6) is 0 Å². The van der Waals surface area contributed by atoms with E-state index in [1.54, 1.807) is 13.8 Å². The van der Waals surface area contributed by atoms with Gasteiger partial charge in [-0.15, -0.1) is 0 Å². The first kappa shape index (κ1) is 18.6. The van der Waals surface area contributed by atoms with Crippen LogP contribution in [0.4, 0.5) is 0 Å². The van der Waals surface area contributed by atoms with Crippen molar-refractivity contribution in [2.24, 2.45) is 0 Å². The number of carbonyl (C=O) groups is 2. The smallest absolute Gasteiger partial charge is 0.332 e. The average molecular weight is 357 g/mol. The third-order valence-electron chi connectivity index (χ3n) is 5.18. The Balaban J connectivity index is 2.06. The van der Waals surface area contributed by atoms with E-state index in [-0.39, 0.29) is 13.2 Å². The van der Waals surface area contributed by atoms with Gasteiger partial charge in [0.2, 0.25) is 5.41 Å². The molecular weight excluding hydrogens is 330 g/mol. The summed E-state index contributed by atoms with van der Waals surface area (Å²) in [5.74, 6) is -1.07. The molecule has 2 aliphatic rings. The summed E-state index contributed by atoms with van der Waals surface area (Å²) >= 11 is 0. The molecule has 1 aliphatic heterocycles. The molecular formula is C21H27NO4. The summed E-state index contributed by atoms with van der Waals surface area (Å²) in [6, 6.07) is 7.54. The summed E-state index contributed by atoms with van der Waals surface area (Å²) in [6.45, 7) is 6.49. The summed E-state index contributed by atoms with van der Waals surface area (Å²) < 4.78 is 10.7. The quantitative estimate of drug-likeness (QED) is 0.579. The highest BCUT2D eigenvalue weighted by Crippen LogP contribution is 2.44. The molecule has 1 heterocycles. The summed E-state index contributed by atoms with van der Waals surface area (Å²) in [5, 5.41) is 0. The van der Waals surface area contributed by atoms with Gasteiger partial charge in [0.1, 0.15) is 0 Å². The van der Waals surface area contributed by atoms with Crippen LogP contribution >= 0.6 is 0 Å². The van der Waals surface area contributed by atoms with E-state index >= 15 is 0 Å². The van der Waals surface area contributed by atoms with E-state index in [1.165, 1.54) is 6.42 Å². The zero-order valence-electron chi connectivity index (χ0n) is 15.6. The first-order valence-electron chi connectivity index (χ1n) is 9.51. The summed E-state index contributed by atoms with van der Waals surface area (Å²) in [6.07, 6.45) is 5.49. The third-order valence-corrected chi connectivity index (χ3v) is 5.18. The molecule has 5 nitrogen and oxygen atoms in total. The molecule has 5 heteroatoms. The van der Waals surface area contributed by atoms with Gasteiger partial charge in [-0.05, 0) is 56.5 Å². The summed E-state index contributed by atoms with van der Waals surface area (Å²) in [5.41, 5.74) is 0.835. The molecule has 0 spiro atoms. The fourth-order valence-corrected chi connectivity index (χ4v) is 4.00. The largest absolute Gasteiger partial charge is 0.465 e. The van der Waals surface area contributed by atoms with Crippen LogP contribution in [0, 0.1) is 0 Å². The van der Waals surface area contributed by atoms with Crippen molar-refractivity contribution in [3.05, 3.63) is 41.0 Å². The van der Waals surface area contributed by atoms with Gasteiger partial charge < -0.3 is 9.47 Å². The van der Waals surface area contributed by atoms with E-state index in [0.29, 0.717) is 12.1 Å². The molecule has 1 aliphatic carbocycles. The van der Waals surface area contributed by atoms with Gasteiger partial charge in [-0.1, -0.05) is 36.8 Å². The number of likely N-dealkylation sites (tertiary alicyclic amines) is 1. The average Bonchev–Trinajstić information content (AvgIpc) is 2.97. The number of nitrogens with zero attached hydrogens (tertiary/aromatic N) is 1. The Kier molecular flexibility index (Phi) is 5.77. The van der Waals surface area contributed by atoms with E-state index in [2.05, 4.69) is 4.90 Å². The van der Waals surface area contributed by atoms with Crippen molar-refractivity contribution in [2.75, 3.05) is 32.8 Å². The lowest BCUT2D eigenvalue weighted by molar-refractivity contribution is -0.162. The van der Waals surface area contributed by atoms with E-state index in [9.17, 15) is 9.59 Å². The zero-order valence-corrected chi connectivity index (χ0v) is 15.6. The van der Waals surface area contributed by atoms with Crippen LogP contribution in [0.25, 0.3) is 6.08 Å². The minimum absolute atomic E-state index is 0.221. The molecule has 0 N–H and O–H groups in total. The zero-order chi connectivity index (χ0) is 18.6. The standard InChI is InChI=1S/C21H27NO4/c1-3-25-19(23)21(20(24)26-4-2)17(15-22-12-8-5-9-13-22)14-16-10-6-7-11-18(16)21/h6-7,10-11,14H,3-5,8-9,12-13,15H2,1-2H3. The summed E-state index contributed by atoms with van der Waals surface area (Å²) in [4.78, 5) is 28.5. The van der Waals surface area contributed by atoms with E-state index in [1.807, 2.05) is 30.3 Å². The molecule has 0 bridgehead atoms. The number of hydrogen-bond acceptors (Lipinski definition) is 5. The fraction of sp³-hybridized carbons (Fsp3) is 0.524. The second-order valence-electron chi connectivity index (χ2n) is 6.78. The number of piperidine rings is 1. The second kappa shape index (κ2) is 8.04. The van der Waals surface area contributed by atoms with Crippen molar-refractivity contribution in [1.29, 1.82) is 0 Å². The van der Waals surface area contributed by atoms with Crippen molar-refractivity contribution < 1.29 is 19.1 Å². The van der Waals surface area contributed by atoms with Crippen LogP contribution in [0.3, 0.4) is 0 Å². The Morgan fingerprint density at radius 1 is 1.00 bits per heavy atom. The van der Waals surface area contributed by atoms with Gasteiger partial charge in [0.05, 0.1) is 13.2 Å². The normalized spacial score (nSPS) is 18.8. The SMILES string of the molecule is CCOC(=O)C1(C(=O)OCC)C(CN2CCCCC2)=Cc2ccccc21. The van der Waals surface area contributed by atoms with Gasteiger partial charge in [-0.3, -0.25) is 14.5 Å². The van der Waals surface area contributed by atoms with Crippen LogP contribution < -0.4 is 0 Å². The third kappa shape index (κ3) is 3.16. The lowest BCUT2D eigenvalue weighted by atomic mass is 9.76. The highest BCUT2D eigenvalue weighted by molar-refractivity contribution is 6.13. The molecule has 1 aromatic rings. The number of carbonyl (C=O) groups excluding carboxylic acids is 2. The van der Waals surface area contributed by atoms with Gasteiger partial charge in [-0.2, -0.15) is 0 Å². The van der Waals surface area contributed by atoms with Crippen LogP contribution in [0.15, 0.2) is 29.8 Å². The van der Waals surface area contributed by atoms with E-state index in [0.717, 1.165) is 37.1 Å². The number of ether oxygens (including phenoxy) is 2. The molecule has 3 rings (SSSR count). The number of benzene rings is 1. The molecule has 140 valence electrons. The molecule has 0 atom stereocenters. The molecule has 1 fully saturated rings. The van der Waals surface area contributed by atoms with Crippen LogP contribution in [0.2, 0.25) is 0 Å². The Bertz CT molecular complexity index is 686. The maximum Gasteiger partial charge on any atom is 0.332 e. The Morgan fingerprint density at radius 2 is 1.62 bits per heavy atom. The maximum atomic E-state index is 13.1.